The van der Waals surface area contributed by atoms with Crippen molar-refractivity contribution in [3.63, 3.8) is 0 Å². The summed E-state index contributed by atoms with van der Waals surface area (Å²) in [6, 6.07) is 0. The van der Waals surface area contributed by atoms with E-state index in [9.17, 15) is 0 Å². The first kappa shape index (κ1) is 6.41. The average Bonchev–Trinajstić information content (AvgIpc) is 1.69. The Morgan fingerprint density at radius 1 is 1.71 bits per heavy atom. The van der Waals surface area contributed by atoms with Gasteiger partial charge in [0.05, 0.1) is 0 Å². The van der Waals surface area contributed by atoms with Crippen molar-refractivity contribution in [1.82, 2.24) is 0 Å². The topological polar surface area (TPSA) is 12.4 Å². The maximum atomic E-state index is 3.54. The lowest BCUT2D eigenvalue weighted by Crippen LogP contribution is -1.57. The van der Waals surface area contributed by atoms with Gasteiger partial charge in [-0.15, -0.1) is 0 Å². The van der Waals surface area contributed by atoms with Crippen LogP contribution in [0.25, 0.3) is 0 Å². The van der Waals surface area contributed by atoms with Crippen LogP contribution in [-0.2, 0) is 0 Å². The quantitative estimate of drug-likeness (QED) is 0.477. The highest BCUT2D eigenvalue weighted by Gasteiger charge is 1.66. The predicted octanol–water partition coefficient (Wildman–Crippen LogP) is 2.00. The predicted molar refractivity (Wildman–Crippen MR) is 33.6 cm³/mol. The number of hydrogen-bond donors (Lipinski definition) is 0. The molecular formula is C6H11N. The Labute approximate surface area is 44.8 Å². The highest BCUT2D eigenvalue weighted by molar-refractivity contribution is 5.25. The summed E-state index contributed by atoms with van der Waals surface area (Å²) in [5.41, 5.74) is 0. The van der Waals surface area contributed by atoms with Crippen LogP contribution in [0.1, 0.15) is 19.8 Å². The zero-order valence-corrected chi connectivity index (χ0v) is 4.72. The van der Waals surface area contributed by atoms with Crippen LogP contribution in [0.4, 0.5) is 0 Å². The highest BCUT2D eigenvalue weighted by atomic mass is 14.6. The Kier molecular flexibility index (Phi) is 4.95. The third kappa shape index (κ3) is 5.41. The molecule has 0 aliphatic rings. The molecule has 40 valence electrons. The largest absolute Gasteiger partial charge is 0.273 e. The molecule has 0 heterocycles. The van der Waals surface area contributed by atoms with Crippen molar-refractivity contribution in [2.24, 2.45) is 4.99 Å². The lowest BCUT2D eigenvalue weighted by Gasteiger charge is -1.77. The molecule has 1 nitrogen and oxygen atoms in total. The van der Waals surface area contributed by atoms with Gasteiger partial charge in [-0.2, -0.15) is 0 Å². The smallest absolute Gasteiger partial charge is 0.0220 e. The zero-order valence-electron chi connectivity index (χ0n) is 4.72. The Bertz CT molecular complexity index is 64.6. The Morgan fingerprint density at radius 3 is 2.86 bits per heavy atom. The van der Waals surface area contributed by atoms with Gasteiger partial charge < -0.3 is 0 Å². The van der Waals surface area contributed by atoms with Gasteiger partial charge >= 0.3 is 0 Å². The third-order valence-corrected chi connectivity index (χ3v) is 0.666. The minimum absolute atomic E-state index is 1.11. The van der Waals surface area contributed by atoms with E-state index in [0.717, 1.165) is 6.42 Å². The van der Waals surface area contributed by atoms with Crippen molar-refractivity contribution in [2.75, 3.05) is 0 Å². The summed E-state index contributed by atoms with van der Waals surface area (Å²) in [6.07, 6.45) is 6.03. The van der Waals surface area contributed by atoms with Crippen LogP contribution in [0.2, 0.25) is 0 Å². The fourth-order valence-electron chi connectivity index (χ4n) is 0.316. The molecule has 0 bridgehead atoms. The third-order valence-electron chi connectivity index (χ3n) is 0.666. The molecule has 0 aromatic heterocycles. The van der Waals surface area contributed by atoms with Crippen LogP contribution < -0.4 is 0 Å². The molecular weight excluding hydrogens is 86.1 g/mol. The molecule has 0 aliphatic carbocycles. The molecule has 0 unspecified atom stereocenters. The second kappa shape index (κ2) is 5.41. The standard InChI is InChI=1S/C6H11N/c1-3-4-5-6-7-2/h5-6H,2-4H2,1H3. The van der Waals surface area contributed by atoms with Crippen LogP contribution in [0.5, 0.6) is 0 Å². The first-order chi connectivity index (χ1) is 3.41. The lowest BCUT2D eigenvalue weighted by atomic mass is 10.3. The van der Waals surface area contributed by atoms with Crippen molar-refractivity contribution in [1.29, 1.82) is 0 Å². The van der Waals surface area contributed by atoms with Crippen LogP contribution in [0.15, 0.2) is 17.3 Å². The number of unbranched alkanes of at least 4 members (excludes halogenated alkanes) is 1. The fourth-order valence-corrected chi connectivity index (χ4v) is 0.316. The molecule has 0 saturated heterocycles. The molecule has 0 N–H and O–H groups in total. The van der Waals surface area contributed by atoms with Gasteiger partial charge in [-0.25, -0.2) is 0 Å². The van der Waals surface area contributed by atoms with Crippen molar-refractivity contribution in [3.05, 3.63) is 12.3 Å². The highest BCUT2D eigenvalue weighted by Crippen LogP contribution is 1.86. The first-order valence-corrected chi connectivity index (χ1v) is 2.52. The molecule has 0 fully saturated rings. The van der Waals surface area contributed by atoms with E-state index < -0.39 is 0 Å². The molecule has 0 saturated carbocycles. The molecule has 1 heteroatoms. The van der Waals surface area contributed by atoms with Crippen LogP contribution in [-0.4, -0.2) is 6.72 Å². The summed E-state index contributed by atoms with van der Waals surface area (Å²) >= 11 is 0. The minimum atomic E-state index is 1.11. The lowest BCUT2D eigenvalue weighted by molar-refractivity contribution is 0.956. The average molecular weight is 97.2 g/mol. The molecule has 7 heavy (non-hydrogen) atoms. The molecule has 0 rings (SSSR count). The van der Waals surface area contributed by atoms with Gasteiger partial charge in [0.1, 0.15) is 0 Å². The normalized spacial score (nSPS) is 9.86. The van der Waals surface area contributed by atoms with Gasteiger partial charge in [0.2, 0.25) is 0 Å². The first-order valence-electron chi connectivity index (χ1n) is 2.52. The Hall–Kier alpha value is -0.590. The summed E-state index contributed by atoms with van der Waals surface area (Å²) in [7, 11) is 0. The fraction of sp³-hybridized carbons (Fsp3) is 0.500. The van der Waals surface area contributed by atoms with Crippen molar-refractivity contribution in [3.8, 4) is 0 Å². The summed E-state index contributed by atoms with van der Waals surface area (Å²) in [4.78, 5) is 3.54. The minimum Gasteiger partial charge on any atom is -0.273 e. The van der Waals surface area contributed by atoms with Gasteiger partial charge in [-0.3, -0.25) is 4.99 Å². The molecule has 0 aromatic carbocycles. The molecule has 0 amide bonds. The van der Waals surface area contributed by atoms with E-state index in [1.54, 1.807) is 6.20 Å². The number of aliphatic imine (C=N–C) groups is 1. The van der Waals surface area contributed by atoms with Gasteiger partial charge in [0.15, 0.2) is 0 Å². The second-order valence-electron chi connectivity index (χ2n) is 1.36. The Morgan fingerprint density at radius 2 is 2.43 bits per heavy atom. The summed E-state index contributed by atoms with van der Waals surface area (Å²) in [5, 5.41) is 0. The van der Waals surface area contributed by atoms with E-state index in [2.05, 4.69) is 18.6 Å². The van der Waals surface area contributed by atoms with E-state index in [4.69, 9.17) is 0 Å². The van der Waals surface area contributed by atoms with Gasteiger partial charge in [0, 0.05) is 6.20 Å². The summed E-state index contributed by atoms with van der Waals surface area (Å²) in [5.74, 6) is 0. The number of allylic oxidation sites excluding steroid dienone is 1. The Balaban J connectivity index is 2.92. The SMILES string of the molecule is C=NC=CCCC. The number of hydrogen-bond acceptors (Lipinski definition) is 1. The molecule has 0 spiro atoms. The van der Waals surface area contributed by atoms with Crippen molar-refractivity contribution >= 4 is 6.72 Å². The number of rotatable bonds is 3. The van der Waals surface area contributed by atoms with E-state index >= 15 is 0 Å². The molecule has 0 radical (unpaired) electrons. The van der Waals surface area contributed by atoms with Crippen LogP contribution in [0.3, 0.4) is 0 Å². The van der Waals surface area contributed by atoms with Gasteiger partial charge in [-0.1, -0.05) is 19.4 Å². The molecule has 0 aromatic rings. The second-order valence-corrected chi connectivity index (χ2v) is 1.36. The zero-order chi connectivity index (χ0) is 5.54. The number of nitrogens with zero attached hydrogens (tertiary/aromatic N) is 1. The van der Waals surface area contributed by atoms with Crippen molar-refractivity contribution in [2.45, 2.75) is 19.8 Å². The maximum Gasteiger partial charge on any atom is 0.0220 e. The summed E-state index contributed by atoms with van der Waals surface area (Å²) < 4.78 is 0. The van der Waals surface area contributed by atoms with Gasteiger partial charge in [-0.05, 0) is 13.1 Å². The molecule has 0 atom stereocenters. The van der Waals surface area contributed by atoms with E-state index in [-0.39, 0.29) is 0 Å². The van der Waals surface area contributed by atoms with Crippen LogP contribution >= 0.6 is 0 Å². The van der Waals surface area contributed by atoms with Crippen LogP contribution in [0, 0.1) is 0 Å². The van der Waals surface area contributed by atoms with Crippen molar-refractivity contribution < 1.29 is 0 Å². The summed E-state index contributed by atoms with van der Waals surface area (Å²) in [6.45, 7) is 5.43. The maximum absolute atomic E-state index is 3.54. The van der Waals surface area contributed by atoms with E-state index in [1.165, 1.54) is 6.42 Å². The molecule has 0 aliphatic heterocycles. The monoisotopic (exact) mass is 97.1 g/mol. The van der Waals surface area contributed by atoms with E-state index in [1.807, 2.05) is 6.08 Å². The van der Waals surface area contributed by atoms with Gasteiger partial charge in [0.25, 0.3) is 0 Å². The van der Waals surface area contributed by atoms with E-state index in [0.29, 0.717) is 0 Å².